The Morgan fingerprint density at radius 2 is 2.35 bits per heavy atom. The topological polar surface area (TPSA) is 73.9 Å². The van der Waals surface area contributed by atoms with Gasteiger partial charge in [-0.25, -0.2) is 0 Å². The fourth-order valence-electron chi connectivity index (χ4n) is 1.51. The molecule has 6 nitrogen and oxygen atoms in total. The Kier molecular flexibility index (Phi) is 3.34. The van der Waals surface area contributed by atoms with Crippen molar-refractivity contribution in [2.45, 2.75) is 0 Å². The van der Waals surface area contributed by atoms with Crippen LogP contribution in [0.15, 0.2) is 18.5 Å². The Balaban J connectivity index is 2.09. The van der Waals surface area contributed by atoms with E-state index in [0.717, 1.165) is 17.4 Å². The Bertz CT molecular complexity index is 519. The number of carbonyl (C=O) groups is 1. The first-order chi connectivity index (χ1) is 8.18. The van der Waals surface area contributed by atoms with Crippen molar-refractivity contribution in [3.63, 3.8) is 0 Å². The van der Waals surface area contributed by atoms with Crippen LogP contribution in [0, 0.1) is 0 Å². The van der Waals surface area contributed by atoms with Gasteiger partial charge in [0, 0.05) is 25.5 Å². The maximum Gasteiger partial charge on any atom is 0.272 e. The van der Waals surface area contributed by atoms with Crippen LogP contribution in [0.5, 0.6) is 0 Å². The van der Waals surface area contributed by atoms with E-state index < -0.39 is 0 Å². The highest BCUT2D eigenvalue weighted by Crippen LogP contribution is 2.13. The molecule has 0 unspecified atom stereocenters. The van der Waals surface area contributed by atoms with Gasteiger partial charge in [0.15, 0.2) is 5.69 Å². The average Bonchev–Trinajstić information content (AvgIpc) is 2.72. The molecule has 17 heavy (non-hydrogen) atoms. The number of aromatic nitrogens is 3. The molecule has 0 saturated carbocycles. The predicted molar refractivity (Wildman–Crippen MR) is 64.8 cm³/mol. The van der Waals surface area contributed by atoms with E-state index in [1.165, 1.54) is 0 Å². The van der Waals surface area contributed by atoms with Crippen LogP contribution < -0.4 is 5.32 Å². The maximum atomic E-state index is 11.9. The van der Waals surface area contributed by atoms with Gasteiger partial charge in [-0.2, -0.15) is 5.10 Å². The summed E-state index contributed by atoms with van der Waals surface area (Å²) in [4.78, 5) is 17.9. The van der Waals surface area contributed by atoms with Crippen LogP contribution in [0.2, 0.25) is 0 Å². The zero-order valence-electron chi connectivity index (χ0n) is 9.90. The van der Waals surface area contributed by atoms with Gasteiger partial charge < -0.3 is 10.2 Å². The third kappa shape index (κ3) is 2.59. The summed E-state index contributed by atoms with van der Waals surface area (Å²) in [5, 5.41) is 10.4. The van der Waals surface area contributed by atoms with Crippen molar-refractivity contribution in [1.29, 1.82) is 0 Å². The smallest absolute Gasteiger partial charge is 0.272 e. The number of fused-ring (bicyclic) bond motifs is 1. The van der Waals surface area contributed by atoms with Gasteiger partial charge in [-0.05, 0) is 20.2 Å². The number of hydrogen-bond acceptors (Lipinski definition) is 4. The van der Waals surface area contributed by atoms with Gasteiger partial charge in [-0.1, -0.05) is 0 Å². The monoisotopic (exact) mass is 233 g/mol. The second kappa shape index (κ2) is 4.92. The average molecular weight is 233 g/mol. The summed E-state index contributed by atoms with van der Waals surface area (Å²) in [5.74, 6) is -0.175. The largest absolute Gasteiger partial charge is 0.349 e. The molecule has 1 amide bonds. The first-order valence-electron chi connectivity index (χ1n) is 5.39. The minimum atomic E-state index is -0.175. The summed E-state index contributed by atoms with van der Waals surface area (Å²) in [6.45, 7) is 1.40. The number of nitrogens with zero attached hydrogens (tertiary/aromatic N) is 3. The second-order valence-electron chi connectivity index (χ2n) is 4.05. The number of carbonyl (C=O) groups excluding carboxylic acids is 1. The van der Waals surface area contributed by atoms with E-state index in [9.17, 15) is 4.79 Å². The maximum absolute atomic E-state index is 11.9. The molecule has 0 bridgehead atoms. The van der Waals surface area contributed by atoms with Crippen LogP contribution in [0.1, 0.15) is 10.5 Å². The molecule has 90 valence electrons. The number of amides is 1. The Morgan fingerprint density at radius 1 is 1.53 bits per heavy atom. The number of hydrogen-bond donors (Lipinski definition) is 2. The molecule has 0 aliphatic heterocycles. The lowest BCUT2D eigenvalue weighted by atomic mass is 10.2. The van der Waals surface area contributed by atoms with Crippen molar-refractivity contribution in [3.05, 3.63) is 24.2 Å². The van der Waals surface area contributed by atoms with Gasteiger partial charge in [0.25, 0.3) is 5.91 Å². The van der Waals surface area contributed by atoms with Crippen LogP contribution in [0.3, 0.4) is 0 Å². The normalized spacial score (nSPS) is 11.0. The summed E-state index contributed by atoms with van der Waals surface area (Å²) in [7, 11) is 3.92. The zero-order valence-corrected chi connectivity index (χ0v) is 9.90. The number of pyridine rings is 1. The molecule has 2 N–H and O–H groups in total. The molecule has 2 rings (SSSR count). The minimum absolute atomic E-state index is 0.175. The van der Waals surface area contributed by atoms with Crippen molar-refractivity contribution in [2.75, 3.05) is 27.2 Å². The third-order valence-corrected chi connectivity index (χ3v) is 2.42. The molecular weight excluding hydrogens is 218 g/mol. The highest BCUT2D eigenvalue weighted by Gasteiger charge is 2.13. The minimum Gasteiger partial charge on any atom is -0.349 e. The van der Waals surface area contributed by atoms with Crippen molar-refractivity contribution in [3.8, 4) is 0 Å². The van der Waals surface area contributed by atoms with Gasteiger partial charge in [0.1, 0.15) is 0 Å². The van der Waals surface area contributed by atoms with Crippen LogP contribution in [0.25, 0.3) is 10.9 Å². The zero-order chi connectivity index (χ0) is 12.3. The number of rotatable bonds is 4. The summed E-state index contributed by atoms with van der Waals surface area (Å²) in [6.07, 6.45) is 3.30. The lowest BCUT2D eigenvalue weighted by Crippen LogP contribution is -2.31. The van der Waals surface area contributed by atoms with E-state index in [1.54, 1.807) is 18.5 Å². The molecule has 2 heterocycles. The molecule has 6 heteroatoms. The Morgan fingerprint density at radius 3 is 3.12 bits per heavy atom. The van der Waals surface area contributed by atoms with Crippen LogP contribution in [-0.2, 0) is 0 Å². The molecule has 0 aliphatic rings. The van der Waals surface area contributed by atoms with Gasteiger partial charge in [-0.15, -0.1) is 0 Å². The van der Waals surface area contributed by atoms with Crippen LogP contribution >= 0.6 is 0 Å². The van der Waals surface area contributed by atoms with E-state index >= 15 is 0 Å². The molecule has 2 aromatic heterocycles. The van der Waals surface area contributed by atoms with E-state index in [1.807, 2.05) is 19.0 Å². The molecule has 2 aromatic rings. The summed E-state index contributed by atoms with van der Waals surface area (Å²) in [6, 6.07) is 1.79. The van der Waals surface area contributed by atoms with Gasteiger partial charge in [0.2, 0.25) is 0 Å². The Labute approximate surface area is 99.0 Å². The fourth-order valence-corrected chi connectivity index (χ4v) is 1.51. The molecule has 0 atom stereocenters. The standard InChI is InChI=1S/C11H15N5O/c1-16(2)6-5-13-11(17)10-8-7-12-4-3-9(8)14-15-10/h3-4,7H,5-6H2,1-2H3,(H,13,17)(H,14,15). The lowest BCUT2D eigenvalue weighted by molar-refractivity contribution is 0.0947. The van der Waals surface area contributed by atoms with Crippen LogP contribution in [-0.4, -0.2) is 53.2 Å². The second-order valence-corrected chi connectivity index (χ2v) is 4.05. The molecule has 0 saturated heterocycles. The van der Waals surface area contributed by atoms with E-state index in [2.05, 4.69) is 20.5 Å². The highest BCUT2D eigenvalue weighted by atomic mass is 16.1. The molecule has 0 aromatic carbocycles. The van der Waals surface area contributed by atoms with E-state index in [0.29, 0.717) is 12.2 Å². The van der Waals surface area contributed by atoms with Gasteiger partial charge in [0.05, 0.1) is 10.9 Å². The van der Waals surface area contributed by atoms with Crippen molar-refractivity contribution in [1.82, 2.24) is 25.4 Å². The molecular formula is C11H15N5O. The van der Waals surface area contributed by atoms with Crippen molar-refractivity contribution < 1.29 is 4.79 Å². The molecule has 0 spiro atoms. The number of likely N-dealkylation sites (N-methyl/N-ethyl adjacent to an activating group) is 1. The van der Waals surface area contributed by atoms with E-state index in [4.69, 9.17) is 0 Å². The molecule has 0 aliphatic carbocycles. The predicted octanol–water partition coefficient (Wildman–Crippen LogP) is 0.249. The first kappa shape index (κ1) is 11.5. The number of nitrogens with one attached hydrogen (secondary N) is 2. The molecule has 0 fully saturated rings. The third-order valence-electron chi connectivity index (χ3n) is 2.42. The fraction of sp³-hybridized carbons (Fsp3) is 0.364. The summed E-state index contributed by atoms with van der Waals surface area (Å²) < 4.78 is 0. The van der Waals surface area contributed by atoms with Gasteiger partial charge >= 0.3 is 0 Å². The summed E-state index contributed by atoms with van der Waals surface area (Å²) >= 11 is 0. The molecule has 0 radical (unpaired) electrons. The number of aromatic amines is 1. The van der Waals surface area contributed by atoms with E-state index in [-0.39, 0.29) is 5.91 Å². The Hall–Kier alpha value is -1.95. The van der Waals surface area contributed by atoms with Gasteiger partial charge in [-0.3, -0.25) is 14.9 Å². The van der Waals surface area contributed by atoms with Crippen molar-refractivity contribution in [2.24, 2.45) is 0 Å². The quantitative estimate of drug-likeness (QED) is 0.794. The first-order valence-corrected chi connectivity index (χ1v) is 5.39. The summed E-state index contributed by atoms with van der Waals surface area (Å²) in [5.41, 5.74) is 1.21. The van der Waals surface area contributed by atoms with Crippen molar-refractivity contribution >= 4 is 16.8 Å². The van der Waals surface area contributed by atoms with Crippen LogP contribution in [0.4, 0.5) is 0 Å². The number of H-pyrrole nitrogens is 1. The highest BCUT2D eigenvalue weighted by molar-refractivity contribution is 6.04. The lowest BCUT2D eigenvalue weighted by Gasteiger charge is -2.09. The SMILES string of the molecule is CN(C)CCNC(=O)c1n[nH]c2ccncc12.